The predicted molar refractivity (Wildman–Crippen MR) is 61.3 cm³/mol. The van der Waals surface area contributed by atoms with Crippen molar-refractivity contribution in [1.29, 1.82) is 0 Å². The van der Waals surface area contributed by atoms with Crippen molar-refractivity contribution in [2.75, 3.05) is 11.5 Å². The second-order valence-electron chi connectivity index (χ2n) is 4.10. The Kier molecular flexibility index (Phi) is 6.48. The van der Waals surface area contributed by atoms with Crippen molar-refractivity contribution in [3.8, 4) is 0 Å². The summed E-state index contributed by atoms with van der Waals surface area (Å²) in [5.41, 5.74) is 0.420. The molecule has 74 valence electrons. The normalized spacial score (nSPS) is 14.8. The van der Waals surface area contributed by atoms with Gasteiger partial charge in [-0.15, -0.1) is 11.6 Å². The molecule has 0 heterocycles. The van der Waals surface area contributed by atoms with E-state index in [0.29, 0.717) is 10.8 Å². The van der Waals surface area contributed by atoms with Crippen LogP contribution in [0.4, 0.5) is 0 Å². The first-order chi connectivity index (χ1) is 5.48. The first-order valence-corrected chi connectivity index (χ1v) is 6.29. The summed E-state index contributed by atoms with van der Waals surface area (Å²) in [6.45, 7) is 8.91. The summed E-state index contributed by atoms with van der Waals surface area (Å²) < 4.78 is 0. The summed E-state index contributed by atoms with van der Waals surface area (Å²) in [5, 5.41) is 0.312. The molecule has 2 heteroatoms. The Labute approximate surface area is 86.5 Å². The lowest BCUT2D eigenvalue weighted by atomic mass is 9.85. The molecule has 0 bridgehead atoms. The maximum absolute atomic E-state index is 5.97. The van der Waals surface area contributed by atoms with Crippen molar-refractivity contribution in [2.45, 2.75) is 45.9 Å². The van der Waals surface area contributed by atoms with Crippen LogP contribution in [0.2, 0.25) is 0 Å². The fourth-order valence-corrected chi connectivity index (χ4v) is 2.76. The van der Waals surface area contributed by atoms with Gasteiger partial charge in [0.05, 0.1) is 0 Å². The van der Waals surface area contributed by atoms with E-state index in [1.165, 1.54) is 17.9 Å². The Morgan fingerprint density at radius 3 is 2.42 bits per heavy atom. The van der Waals surface area contributed by atoms with Gasteiger partial charge in [-0.2, -0.15) is 11.8 Å². The quantitative estimate of drug-likeness (QED) is 0.467. The van der Waals surface area contributed by atoms with Crippen molar-refractivity contribution in [1.82, 2.24) is 0 Å². The summed E-state index contributed by atoms with van der Waals surface area (Å²) in [6, 6.07) is 0. The molecule has 0 saturated heterocycles. The summed E-state index contributed by atoms with van der Waals surface area (Å²) in [7, 11) is 0. The largest absolute Gasteiger partial charge is 0.162 e. The lowest BCUT2D eigenvalue weighted by Gasteiger charge is -2.25. The number of alkyl halides is 1. The zero-order valence-electron chi connectivity index (χ0n) is 8.69. The smallest absolute Gasteiger partial charge is 0.0312 e. The molecule has 0 aromatic carbocycles. The standard InChI is InChI=1S/C10H21ClS/c1-5-12-7-6-10(3,4)8-9(2)11/h9H,5-8H2,1-4H3. The monoisotopic (exact) mass is 208 g/mol. The Bertz CT molecular complexity index is 110. The molecule has 0 saturated carbocycles. The molecule has 1 atom stereocenters. The third-order valence-electron chi connectivity index (χ3n) is 1.96. The molecule has 0 radical (unpaired) electrons. The molecule has 0 N–H and O–H groups in total. The molecular formula is C10H21ClS. The second kappa shape index (κ2) is 6.15. The number of hydrogen-bond donors (Lipinski definition) is 0. The minimum absolute atomic E-state index is 0.312. The maximum Gasteiger partial charge on any atom is 0.0312 e. The molecular weight excluding hydrogens is 188 g/mol. The molecule has 0 rings (SSSR count). The average Bonchev–Trinajstić information content (AvgIpc) is 1.84. The summed E-state index contributed by atoms with van der Waals surface area (Å²) >= 11 is 7.99. The van der Waals surface area contributed by atoms with E-state index in [0.717, 1.165) is 6.42 Å². The zero-order chi connectivity index (χ0) is 9.61. The van der Waals surface area contributed by atoms with Gasteiger partial charge in [-0.25, -0.2) is 0 Å². The molecule has 0 aliphatic carbocycles. The van der Waals surface area contributed by atoms with Crippen LogP contribution in [0.15, 0.2) is 0 Å². The molecule has 0 spiro atoms. The van der Waals surface area contributed by atoms with E-state index < -0.39 is 0 Å². The van der Waals surface area contributed by atoms with E-state index >= 15 is 0 Å². The number of thioether (sulfide) groups is 1. The number of hydrogen-bond acceptors (Lipinski definition) is 1. The molecule has 12 heavy (non-hydrogen) atoms. The third kappa shape index (κ3) is 7.30. The van der Waals surface area contributed by atoms with Gasteiger partial charge in [0.25, 0.3) is 0 Å². The SMILES string of the molecule is CCSCCC(C)(C)CC(C)Cl. The van der Waals surface area contributed by atoms with E-state index in [9.17, 15) is 0 Å². The van der Waals surface area contributed by atoms with Crippen LogP contribution in [0.3, 0.4) is 0 Å². The van der Waals surface area contributed by atoms with Crippen LogP contribution < -0.4 is 0 Å². The van der Waals surface area contributed by atoms with Crippen molar-refractivity contribution in [2.24, 2.45) is 5.41 Å². The number of rotatable bonds is 6. The van der Waals surface area contributed by atoms with Gasteiger partial charge in [-0.05, 0) is 36.7 Å². The van der Waals surface area contributed by atoms with Crippen LogP contribution in [0, 0.1) is 5.41 Å². The topological polar surface area (TPSA) is 0 Å². The van der Waals surface area contributed by atoms with Crippen molar-refractivity contribution in [3.05, 3.63) is 0 Å². The Balaban J connectivity index is 3.56. The van der Waals surface area contributed by atoms with Gasteiger partial charge in [-0.3, -0.25) is 0 Å². The highest BCUT2D eigenvalue weighted by Crippen LogP contribution is 2.29. The average molecular weight is 209 g/mol. The van der Waals surface area contributed by atoms with Crippen LogP contribution in [-0.2, 0) is 0 Å². The highest BCUT2D eigenvalue weighted by molar-refractivity contribution is 7.99. The van der Waals surface area contributed by atoms with Crippen molar-refractivity contribution in [3.63, 3.8) is 0 Å². The van der Waals surface area contributed by atoms with Gasteiger partial charge in [-0.1, -0.05) is 20.8 Å². The van der Waals surface area contributed by atoms with Gasteiger partial charge in [0.1, 0.15) is 0 Å². The number of halogens is 1. The van der Waals surface area contributed by atoms with Crippen LogP contribution in [0.5, 0.6) is 0 Å². The van der Waals surface area contributed by atoms with Gasteiger partial charge >= 0.3 is 0 Å². The Hall–Kier alpha value is 0.640. The fourth-order valence-electron chi connectivity index (χ4n) is 1.36. The van der Waals surface area contributed by atoms with E-state index in [1.807, 2.05) is 11.8 Å². The van der Waals surface area contributed by atoms with E-state index in [4.69, 9.17) is 11.6 Å². The van der Waals surface area contributed by atoms with Crippen LogP contribution >= 0.6 is 23.4 Å². The maximum atomic E-state index is 5.97. The van der Waals surface area contributed by atoms with E-state index in [-0.39, 0.29) is 0 Å². The van der Waals surface area contributed by atoms with Gasteiger partial charge < -0.3 is 0 Å². The molecule has 0 aromatic heterocycles. The molecule has 0 aromatic rings. The third-order valence-corrected chi connectivity index (χ3v) is 3.02. The summed E-state index contributed by atoms with van der Waals surface area (Å²) in [4.78, 5) is 0. The molecule has 0 nitrogen and oxygen atoms in total. The second-order valence-corrected chi connectivity index (χ2v) is 6.23. The highest BCUT2D eigenvalue weighted by atomic mass is 35.5. The lowest BCUT2D eigenvalue weighted by Crippen LogP contribution is -2.16. The lowest BCUT2D eigenvalue weighted by molar-refractivity contribution is 0.324. The minimum atomic E-state index is 0.312. The van der Waals surface area contributed by atoms with Gasteiger partial charge in [0.2, 0.25) is 0 Å². The fraction of sp³-hybridized carbons (Fsp3) is 1.00. The molecule has 0 aliphatic rings. The van der Waals surface area contributed by atoms with Crippen LogP contribution in [0.1, 0.15) is 40.5 Å². The predicted octanol–water partition coefficient (Wildman–Crippen LogP) is 4.17. The van der Waals surface area contributed by atoms with Gasteiger partial charge in [0, 0.05) is 5.38 Å². The van der Waals surface area contributed by atoms with Crippen molar-refractivity contribution < 1.29 is 0 Å². The van der Waals surface area contributed by atoms with Crippen molar-refractivity contribution >= 4 is 23.4 Å². The zero-order valence-corrected chi connectivity index (χ0v) is 10.3. The van der Waals surface area contributed by atoms with E-state index in [1.54, 1.807) is 0 Å². The molecule has 0 aliphatic heterocycles. The molecule has 0 fully saturated rings. The summed E-state index contributed by atoms with van der Waals surface area (Å²) in [5.74, 6) is 2.50. The minimum Gasteiger partial charge on any atom is -0.162 e. The van der Waals surface area contributed by atoms with Crippen LogP contribution in [0.25, 0.3) is 0 Å². The Morgan fingerprint density at radius 2 is 2.00 bits per heavy atom. The first-order valence-electron chi connectivity index (χ1n) is 4.70. The van der Waals surface area contributed by atoms with Crippen LogP contribution in [-0.4, -0.2) is 16.9 Å². The highest BCUT2D eigenvalue weighted by Gasteiger charge is 2.19. The molecule has 1 unspecified atom stereocenters. The first kappa shape index (κ1) is 12.6. The molecule has 0 amide bonds. The van der Waals surface area contributed by atoms with Gasteiger partial charge in [0.15, 0.2) is 0 Å². The summed E-state index contributed by atoms with van der Waals surface area (Å²) in [6.07, 6.45) is 2.40. The Morgan fingerprint density at radius 1 is 1.42 bits per heavy atom. The van der Waals surface area contributed by atoms with E-state index in [2.05, 4.69) is 27.7 Å².